The number of hydrogen-bond donors (Lipinski definition) is 0. The molecule has 4 fully saturated rings. The van der Waals surface area contributed by atoms with Gasteiger partial charge < -0.3 is 57.0 Å². The van der Waals surface area contributed by atoms with Gasteiger partial charge in [0.05, 0.1) is 48.0 Å². The van der Waals surface area contributed by atoms with Gasteiger partial charge in [0.2, 0.25) is 0 Å². The van der Waals surface area contributed by atoms with Crippen LogP contribution in [0.5, 0.6) is 0 Å². The maximum absolute atomic E-state index is 15.2. The number of fused-ring (bicyclic) bond motifs is 1. The smallest absolute Gasteiger partial charge is 0.458 e. The van der Waals surface area contributed by atoms with E-state index in [0.29, 0.717) is 6.42 Å². The molecule has 18 nitrogen and oxygen atoms in total. The summed E-state index contributed by atoms with van der Waals surface area (Å²) in [5.41, 5.74) is -2.40. The molecule has 4 aliphatic rings. The molecule has 6 rings (SSSR count). The molecule has 0 spiro atoms. The highest BCUT2D eigenvalue weighted by Gasteiger charge is 2.61. The van der Waals surface area contributed by atoms with Gasteiger partial charge in [0.15, 0.2) is 30.4 Å². The first-order chi connectivity index (χ1) is 34.9. The van der Waals surface area contributed by atoms with E-state index in [1.807, 2.05) is 114 Å². The van der Waals surface area contributed by atoms with Crippen LogP contribution in [0.15, 0.2) is 60.7 Å². The monoisotopic (exact) mass is 1040 g/mol. The minimum Gasteiger partial charge on any atom is -0.458 e. The first kappa shape index (κ1) is 58.6. The van der Waals surface area contributed by atoms with Crippen molar-refractivity contribution >= 4 is 30.0 Å². The maximum atomic E-state index is 15.2. The van der Waals surface area contributed by atoms with Crippen molar-refractivity contribution in [1.29, 1.82) is 0 Å². The lowest BCUT2D eigenvalue weighted by atomic mass is 9.73. The van der Waals surface area contributed by atoms with Crippen LogP contribution in [0, 0.1) is 23.7 Å². The highest BCUT2D eigenvalue weighted by atomic mass is 16.8. The van der Waals surface area contributed by atoms with Crippen molar-refractivity contribution in [1.82, 2.24) is 9.80 Å². The van der Waals surface area contributed by atoms with Crippen LogP contribution in [0.25, 0.3) is 0 Å². The van der Waals surface area contributed by atoms with Gasteiger partial charge in [-0.2, -0.15) is 0 Å². The van der Waals surface area contributed by atoms with E-state index >= 15 is 9.59 Å². The van der Waals surface area contributed by atoms with Crippen molar-refractivity contribution in [2.75, 3.05) is 28.3 Å². The molecule has 4 saturated heterocycles. The molecular formula is C56H82N2O16. The number of hydrogen-bond acceptors (Lipinski definition) is 17. The Kier molecular flexibility index (Phi) is 19.4. The molecule has 0 aliphatic carbocycles. The number of cyclic esters (lactones) is 1. The summed E-state index contributed by atoms with van der Waals surface area (Å²) < 4.78 is 70.3. The molecule has 1 amide bonds. The number of benzene rings is 2. The summed E-state index contributed by atoms with van der Waals surface area (Å²) in [5, 5.41) is 0. The molecule has 0 aromatic heterocycles. The van der Waals surface area contributed by atoms with Crippen LogP contribution >= 0.6 is 0 Å². The molecular weight excluding hydrogens is 957 g/mol. The Balaban J connectivity index is 1.43. The molecule has 0 bridgehead atoms. The fraction of sp³-hybridized carbons (Fsp3) is 0.696. The third kappa shape index (κ3) is 12.9. The summed E-state index contributed by atoms with van der Waals surface area (Å²) in [6.07, 6.45) is -9.07. The van der Waals surface area contributed by atoms with Crippen LogP contribution in [0.4, 0.5) is 9.59 Å². The number of methoxy groups -OCH3 is 2. The van der Waals surface area contributed by atoms with Crippen molar-refractivity contribution in [3.8, 4) is 0 Å². The van der Waals surface area contributed by atoms with Crippen LogP contribution in [0.2, 0.25) is 0 Å². The SMILES string of the molecule is CC[C@H]1OC(=O)[C@H](C)[C@@H](O[C@H]2C[C@@](C)(OC)[C@@H](OC(=O)OCc3ccccc3)[C@H](C)O2)[C@H](C)[C@@H](O[C@@H]2O[C@H](C)C[C@H](N(C)C)[C@H]2OC(C)=O)[C@](C)(OC)C[C@@H](C)C(=O)[C@H](C)[C@H]2N(Cc3ccccc3)C(=O)O[C@]12C. The molecule has 412 valence electrons. The van der Waals surface area contributed by atoms with Crippen LogP contribution in [-0.2, 0) is 79.6 Å². The Morgan fingerprint density at radius 3 is 1.96 bits per heavy atom. The Hall–Kier alpha value is -4.69. The molecule has 0 N–H and O–H groups in total. The summed E-state index contributed by atoms with van der Waals surface area (Å²) in [6, 6.07) is 17.5. The van der Waals surface area contributed by atoms with Gasteiger partial charge in [0.1, 0.15) is 24.1 Å². The Labute approximate surface area is 437 Å². The van der Waals surface area contributed by atoms with Gasteiger partial charge in [-0.1, -0.05) is 88.4 Å². The molecule has 2 aromatic rings. The fourth-order valence-corrected chi connectivity index (χ4v) is 11.9. The lowest BCUT2D eigenvalue weighted by Crippen LogP contribution is -2.62. The number of ketones is 1. The topological polar surface area (TPSA) is 193 Å². The molecule has 18 atom stereocenters. The molecule has 0 unspecified atom stereocenters. The number of carbonyl (C=O) groups is 5. The number of carbonyl (C=O) groups excluding carboxylic acids is 5. The lowest BCUT2D eigenvalue weighted by Gasteiger charge is -2.50. The van der Waals surface area contributed by atoms with Crippen molar-refractivity contribution < 1.29 is 76.1 Å². The molecule has 4 heterocycles. The van der Waals surface area contributed by atoms with Gasteiger partial charge in [-0.15, -0.1) is 0 Å². The van der Waals surface area contributed by atoms with E-state index in [1.165, 1.54) is 21.1 Å². The minimum absolute atomic E-state index is 0.00444. The second-order valence-electron chi connectivity index (χ2n) is 21.8. The summed E-state index contributed by atoms with van der Waals surface area (Å²) in [4.78, 5) is 74.1. The minimum atomic E-state index is -1.48. The summed E-state index contributed by atoms with van der Waals surface area (Å²) in [7, 11) is 6.83. The van der Waals surface area contributed by atoms with Gasteiger partial charge in [-0.05, 0) is 86.0 Å². The second kappa shape index (κ2) is 24.5. The standard InChI is InChI=1S/C56H82N2O16/c1-16-42-56(11)47(58(52(62)74-56)30-39-23-19-17-20-24-39)34(4)44(60)32(2)28-54(9,64-14)48(72-51-46(69-38(8)59)41(57(12)13)27-33(3)67-51)35(5)45(36(6)50(61)70-42)71-43-29-55(10,65-15)49(37(7)68-43)73-53(63)66-31-40-25-21-18-22-26-40/h17-26,32-37,41-43,45-49,51H,16,27-31H2,1-15H3/t32-,33-,34+,35+,36-,37+,41+,42-,43+,45+,46-,47-,48-,49+,51+,54-,55-,56-/m1/s1. The number of esters is 2. The van der Waals surface area contributed by atoms with Crippen molar-refractivity contribution in [3.05, 3.63) is 71.8 Å². The van der Waals surface area contributed by atoms with Gasteiger partial charge in [-0.25, -0.2) is 9.59 Å². The van der Waals surface area contributed by atoms with Crippen molar-refractivity contribution in [3.63, 3.8) is 0 Å². The van der Waals surface area contributed by atoms with Crippen LogP contribution in [-0.4, -0.2) is 152 Å². The van der Waals surface area contributed by atoms with Gasteiger partial charge >= 0.3 is 24.2 Å². The zero-order valence-electron chi connectivity index (χ0n) is 46.1. The van der Waals surface area contributed by atoms with E-state index in [9.17, 15) is 14.4 Å². The van der Waals surface area contributed by atoms with Gasteiger partial charge in [-0.3, -0.25) is 19.3 Å². The van der Waals surface area contributed by atoms with Crippen LogP contribution in [0.3, 0.4) is 0 Å². The first-order valence-electron chi connectivity index (χ1n) is 26.1. The molecule has 18 heteroatoms. The zero-order valence-corrected chi connectivity index (χ0v) is 46.1. The highest BCUT2D eigenvalue weighted by molar-refractivity contribution is 5.85. The molecule has 4 aliphatic heterocycles. The van der Waals surface area contributed by atoms with Crippen LogP contribution < -0.4 is 0 Å². The Bertz CT molecular complexity index is 2220. The normalized spacial score (nSPS) is 38.3. The number of Topliss-reactive ketones (excluding diaryl/α,β-unsaturated/α-hetero) is 1. The van der Waals surface area contributed by atoms with Gasteiger partial charge in [0, 0.05) is 51.9 Å². The van der Waals surface area contributed by atoms with E-state index in [2.05, 4.69) is 0 Å². The number of rotatable bonds is 14. The molecule has 0 radical (unpaired) electrons. The third-order valence-corrected chi connectivity index (χ3v) is 16.0. The average Bonchev–Trinajstić information content (AvgIpc) is 3.62. The summed E-state index contributed by atoms with van der Waals surface area (Å²) in [5.74, 6) is -4.80. The fourth-order valence-electron chi connectivity index (χ4n) is 11.9. The van der Waals surface area contributed by atoms with Crippen molar-refractivity contribution in [2.45, 2.75) is 199 Å². The zero-order chi connectivity index (χ0) is 54.4. The van der Waals surface area contributed by atoms with E-state index in [0.717, 1.165) is 11.1 Å². The van der Waals surface area contributed by atoms with Crippen LogP contribution in [0.1, 0.15) is 113 Å². The largest absolute Gasteiger partial charge is 0.509 e. The molecule has 0 saturated carbocycles. The number of amides is 1. The quantitative estimate of drug-likeness (QED) is 0.130. The van der Waals surface area contributed by atoms with E-state index in [1.54, 1.807) is 39.5 Å². The first-order valence-corrected chi connectivity index (χ1v) is 26.1. The summed E-state index contributed by atoms with van der Waals surface area (Å²) >= 11 is 0. The molecule has 2 aromatic carbocycles. The molecule has 74 heavy (non-hydrogen) atoms. The van der Waals surface area contributed by atoms with E-state index in [-0.39, 0.29) is 50.3 Å². The highest BCUT2D eigenvalue weighted by Crippen LogP contribution is 2.45. The van der Waals surface area contributed by atoms with Gasteiger partial charge in [0.25, 0.3) is 0 Å². The Morgan fingerprint density at radius 1 is 0.770 bits per heavy atom. The maximum Gasteiger partial charge on any atom is 0.509 e. The predicted octanol–water partition coefficient (Wildman–Crippen LogP) is 8.04. The third-order valence-electron chi connectivity index (χ3n) is 16.0. The average molecular weight is 1040 g/mol. The summed E-state index contributed by atoms with van der Waals surface area (Å²) in [6.45, 7) is 19.5. The Morgan fingerprint density at radius 2 is 1.38 bits per heavy atom. The second-order valence-corrected chi connectivity index (χ2v) is 21.8. The van der Waals surface area contributed by atoms with E-state index in [4.69, 9.17) is 52.1 Å². The number of likely N-dealkylation sites (N-methyl/N-ethyl adjacent to an activating group) is 1. The van der Waals surface area contributed by atoms with E-state index < -0.39 is 120 Å². The van der Waals surface area contributed by atoms with Crippen molar-refractivity contribution in [2.24, 2.45) is 23.7 Å². The number of ether oxygens (including phenoxy) is 11. The number of nitrogens with zero attached hydrogens (tertiary/aromatic N) is 2. The lowest BCUT2D eigenvalue weighted by molar-refractivity contribution is -0.320. The predicted molar refractivity (Wildman–Crippen MR) is 270 cm³/mol.